The smallest absolute Gasteiger partial charge is 0.387 e. The van der Waals surface area contributed by atoms with Crippen LogP contribution in [-0.2, 0) is 0 Å². The van der Waals surface area contributed by atoms with E-state index < -0.39 is 23.9 Å². The number of nitrogens with two attached hydrogens (primary N) is 1. The van der Waals surface area contributed by atoms with Crippen LogP contribution in [0.2, 0.25) is 5.02 Å². The van der Waals surface area contributed by atoms with E-state index in [1.807, 2.05) is 0 Å². The van der Waals surface area contributed by atoms with Gasteiger partial charge in [-0.1, -0.05) is 11.6 Å². The summed E-state index contributed by atoms with van der Waals surface area (Å²) >= 11 is 5.39. The molecule has 1 rings (SSSR count). The Morgan fingerprint density at radius 2 is 2.00 bits per heavy atom. The summed E-state index contributed by atoms with van der Waals surface area (Å²) < 4.78 is 40.1. The number of alkyl halides is 2. The summed E-state index contributed by atoms with van der Waals surface area (Å²) in [6.07, 6.45) is 0. The second-order valence-corrected chi connectivity index (χ2v) is 2.61. The highest BCUT2D eigenvalue weighted by molar-refractivity contribution is 6.30. The summed E-state index contributed by atoms with van der Waals surface area (Å²) in [5.41, 5.74) is 4.63. The lowest BCUT2D eigenvalue weighted by molar-refractivity contribution is -0.0494. The topological polar surface area (TPSA) is 35.2 Å². The summed E-state index contributed by atoms with van der Waals surface area (Å²) in [5, 5.41) is -0.0534. The van der Waals surface area contributed by atoms with E-state index in [1.165, 1.54) is 0 Å². The van der Waals surface area contributed by atoms with Gasteiger partial charge in [0.25, 0.3) is 0 Å². The fourth-order valence-electron chi connectivity index (χ4n) is 0.755. The van der Waals surface area contributed by atoms with Gasteiger partial charge in [0, 0.05) is 11.1 Å². The van der Waals surface area contributed by atoms with Crippen molar-refractivity contribution < 1.29 is 17.9 Å². The third-order valence-corrected chi connectivity index (χ3v) is 1.49. The van der Waals surface area contributed by atoms with E-state index in [2.05, 4.69) is 4.74 Å². The molecule has 1 aromatic rings. The van der Waals surface area contributed by atoms with E-state index in [1.54, 1.807) is 0 Å². The molecule has 0 fully saturated rings. The molecule has 0 atom stereocenters. The molecule has 0 amide bonds. The normalized spacial score (nSPS) is 10.5. The number of ether oxygens (including phenoxy) is 1. The number of benzene rings is 1. The quantitative estimate of drug-likeness (QED) is 0.764. The highest BCUT2D eigenvalue weighted by atomic mass is 35.5. The molecule has 13 heavy (non-hydrogen) atoms. The van der Waals surface area contributed by atoms with Gasteiger partial charge in [-0.15, -0.1) is 0 Å². The summed E-state index contributed by atoms with van der Waals surface area (Å²) in [5.74, 6) is -1.34. The van der Waals surface area contributed by atoms with Crippen molar-refractivity contribution >= 4 is 17.3 Å². The molecule has 6 heteroatoms. The molecule has 0 saturated heterocycles. The molecule has 0 radical (unpaired) electrons. The third kappa shape index (κ3) is 2.42. The van der Waals surface area contributed by atoms with E-state index in [4.69, 9.17) is 17.3 Å². The Balaban J connectivity index is 3.05. The maximum absolute atomic E-state index is 12.8. The van der Waals surface area contributed by atoms with Gasteiger partial charge in [0.05, 0.1) is 0 Å². The molecule has 0 unspecified atom stereocenters. The van der Waals surface area contributed by atoms with Crippen molar-refractivity contribution in [3.63, 3.8) is 0 Å². The Morgan fingerprint density at radius 1 is 1.38 bits per heavy atom. The third-order valence-electron chi connectivity index (χ3n) is 1.27. The van der Waals surface area contributed by atoms with Crippen LogP contribution in [-0.4, -0.2) is 6.61 Å². The number of anilines is 1. The number of hydrogen-bond donors (Lipinski definition) is 1. The van der Waals surface area contributed by atoms with Gasteiger partial charge in [0.1, 0.15) is 5.69 Å². The predicted octanol–water partition coefficient (Wildman–Crippen LogP) is 2.66. The highest BCUT2D eigenvalue weighted by Gasteiger charge is 2.12. The first-order valence-corrected chi connectivity index (χ1v) is 3.58. The van der Waals surface area contributed by atoms with Crippen molar-refractivity contribution in [2.75, 3.05) is 5.73 Å². The van der Waals surface area contributed by atoms with Crippen molar-refractivity contribution in [3.8, 4) is 5.75 Å². The molecule has 0 saturated carbocycles. The van der Waals surface area contributed by atoms with E-state index in [0.29, 0.717) is 0 Å². The van der Waals surface area contributed by atoms with Gasteiger partial charge in [0.15, 0.2) is 11.6 Å². The largest absolute Gasteiger partial charge is 0.432 e. The molecule has 2 nitrogen and oxygen atoms in total. The van der Waals surface area contributed by atoms with E-state index in [-0.39, 0.29) is 5.02 Å². The molecular weight excluding hydrogens is 207 g/mol. The van der Waals surface area contributed by atoms with Crippen LogP contribution in [0.5, 0.6) is 5.75 Å². The summed E-state index contributed by atoms with van der Waals surface area (Å²) in [6.45, 7) is -3.06. The fraction of sp³-hybridized carbons (Fsp3) is 0.143. The molecular formula is C7H5ClF3NO. The van der Waals surface area contributed by atoms with Crippen molar-refractivity contribution in [1.29, 1.82) is 0 Å². The Bertz CT molecular complexity index is 319. The minimum Gasteiger partial charge on any atom is -0.432 e. The number of nitrogen functional groups attached to an aromatic ring is 1. The second kappa shape index (κ2) is 3.74. The Labute approximate surface area is 77.0 Å². The summed E-state index contributed by atoms with van der Waals surface area (Å²) in [4.78, 5) is 0. The highest BCUT2D eigenvalue weighted by Crippen LogP contribution is 2.29. The van der Waals surface area contributed by atoms with Crippen molar-refractivity contribution in [2.24, 2.45) is 0 Å². The van der Waals surface area contributed by atoms with Gasteiger partial charge >= 0.3 is 6.61 Å². The molecule has 0 heterocycles. The van der Waals surface area contributed by atoms with Gasteiger partial charge in [0.2, 0.25) is 0 Å². The van der Waals surface area contributed by atoms with Gasteiger partial charge in [-0.3, -0.25) is 0 Å². The zero-order valence-corrected chi connectivity index (χ0v) is 6.99. The number of rotatable bonds is 2. The van der Waals surface area contributed by atoms with E-state index >= 15 is 0 Å². The zero-order valence-electron chi connectivity index (χ0n) is 6.23. The lowest BCUT2D eigenvalue weighted by atomic mass is 10.3. The van der Waals surface area contributed by atoms with E-state index in [9.17, 15) is 13.2 Å². The maximum atomic E-state index is 12.8. The van der Waals surface area contributed by atoms with Crippen molar-refractivity contribution in [3.05, 3.63) is 23.0 Å². The predicted molar refractivity (Wildman–Crippen MR) is 42.5 cm³/mol. The van der Waals surface area contributed by atoms with Crippen molar-refractivity contribution in [1.82, 2.24) is 0 Å². The molecule has 0 aromatic heterocycles. The standard InChI is InChI=1S/C7H5ClF3NO/c8-3-1-4(9)6(12)5(2-3)13-7(10)11/h1-2,7H,12H2. The van der Waals surface area contributed by atoms with Crippen LogP contribution in [0.1, 0.15) is 0 Å². The van der Waals surface area contributed by atoms with Crippen molar-refractivity contribution in [2.45, 2.75) is 6.61 Å². The van der Waals surface area contributed by atoms with Crippen LogP contribution >= 0.6 is 11.6 Å². The number of hydrogen-bond acceptors (Lipinski definition) is 2. The fourth-order valence-corrected chi connectivity index (χ4v) is 0.950. The molecule has 72 valence electrons. The van der Waals surface area contributed by atoms with Crippen LogP contribution in [0.15, 0.2) is 12.1 Å². The van der Waals surface area contributed by atoms with E-state index in [0.717, 1.165) is 12.1 Å². The van der Waals surface area contributed by atoms with Crippen LogP contribution in [0, 0.1) is 5.82 Å². The summed E-state index contributed by atoms with van der Waals surface area (Å²) in [6, 6.07) is 1.93. The monoisotopic (exact) mass is 211 g/mol. The lowest BCUT2D eigenvalue weighted by Crippen LogP contribution is -2.05. The Kier molecular flexibility index (Phi) is 2.87. The van der Waals surface area contributed by atoms with Gasteiger partial charge in [-0.2, -0.15) is 8.78 Å². The molecule has 0 aliphatic rings. The number of halogens is 4. The molecule has 0 aliphatic carbocycles. The average Bonchev–Trinajstić information content (AvgIpc) is 1.98. The minimum absolute atomic E-state index is 0.0534. The second-order valence-electron chi connectivity index (χ2n) is 2.18. The summed E-state index contributed by atoms with van der Waals surface area (Å²) in [7, 11) is 0. The molecule has 0 spiro atoms. The van der Waals surface area contributed by atoms with Gasteiger partial charge in [-0.25, -0.2) is 4.39 Å². The Hall–Kier alpha value is -1.10. The first-order valence-electron chi connectivity index (χ1n) is 3.20. The van der Waals surface area contributed by atoms with Crippen LogP contribution in [0.3, 0.4) is 0 Å². The molecule has 2 N–H and O–H groups in total. The van der Waals surface area contributed by atoms with Crippen LogP contribution in [0.4, 0.5) is 18.9 Å². The Morgan fingerprint density at radius 3 is 2.54 bits per heavy atom. The first kappa shape index (κ1) is 9.98. The zero-order chi connectivity index (χ0) is 10.0. The first-order chi connectivity index (χ1) is 6.00. The molecule has 0 aliphatic heterocycles. The minimum atomic E-state index is -3.06. The molecule has 0 bridgehead atoms. The SMILES string of the molecule is Nc1c(F)cc(Cl)cc1OC(F)F. The maximum Gasteiger partial charge on any atom is 0.387 e. The van der Waals surface area contributed by atoms with Gasteiger partial charge < -0.3 is 10.5 Å². The van der Waals surface area contributed by atoms with Gasteiger partial charge in [-0.05, 0) is 6.07 Å². The van der Waals surface area contributed by atoms with Crippen LogP contribution in [0.25, 0.3) is 0 Å². The lowest BCUT2D eigenvalue weighted by Gasteiger charge is -2.08. The van der Waals surface area contributed by atoms with Crippen LogP contribution < -0.4 is 10.5 Å². The average molecular weight is 212 g/mol. The molecule has 1 aromatic carbocycles.